The van der Waals surface area contributed by atoms with Crippen molar-refractivity contribution in [3.8, 4) is 0 Å². The standard InChI is InChI=1S/C13H17FN2O3S/c1-2-15-12-10(4-3-5-11(12)14)13(17)16-6-8-20(18,19)9-7-16/h3-5,15H,2,6-9H2,1H3. The zero-order chi connectivity index (χ0) is 14.8. The Balaban J connectivity index is 2.24. The molecule has 1 aromatic rings. The minimum atomic E-state index is -3.04. The summed E-state index contributed by atoms with van der Waals surface area (Å²) in [5.41, 5.74) is 0.416. The Morgan fingerprint density at radius 1 is 1.35 bits per heavy atom. The van der Waals surface area contributed by atoms with Crippen molar-refractivity contribution in [2.24, 2.45) is 0 Å². The van der Waals surface area contributed by atoms with Crippen LogP contribution in [0.3, 0.4) is 0 Å². The van der Waals surface area contributed by atoms with Crippen LogP contribution in [0, 0.1) is 5.82 Å². The average molecular weight is 300 g/mol. The van der Waals surface area contributed by atoms with Gasteiger partial charge in [-0.1, -0.05) is 6.07 Å². The van der Waals surface area contributed by atoms with E-state index in [1.54, 1.807) is 6.07 Å². The van der Waals surface area contributed by atoms with Gasteiger partial charge >= 0.3 is 0 Å². The van der Waals surface area contributed by atoms with E-state index in [1.807, 2.05) is 6.92 Å². The predicted octanol–water partition coefficient (Wildman–Crippen LogP) is 1.13. The third kappa shape index (κ3) is 3.09. The topological polar surface area (TPSA) is 66.5 Å². The second kappa shape index (κ2) is 5.78. The molecular weight excluding hydrogens is 283 g/mol. The maximum atomic E-state index is 13.8. The number of rotatable bonds is 3. The summed E-state index contributed by atoms with van der Waals surface area (Å²) in [6.07, 6.45) is 0. The number of benzene rings is 1. The first-order valence-corrected chi connectivity index (χ1v) is 8.29. The minimum Gasteiger partial charge on any atom is -0.382 e. The van der Waals surface area contributed by atoms with Crippen molar-refractivity contribution in [3.05, 3.63) is 29.6 Å². The molecule has 5 nitrogen and oxygen atoms in total. The second-order valence-electron chi connectivity index (χ2n) is 4.64. The quantitative estimate of drug-likeness (QED) is 0.908. The number of hydrogen-bond donors (Lipinski definition) is 1. The molecule has 1 aliphatic rings. The summed E-state index contributed by atoms with van der Waals surface area (Å²) in [4.78, 5) is 13.8. The summed E-state index contributed by atoms with van der Waals surface area (Å²) >= 11 is 0. The fraction of sp³-hybridized carbons (Fsp3) is 0.462. The van der Waals surface area contributed by atoms with Crippen molar-refractivity contribution in [1.29, 1.82) is 0 Å². The number of nitrogens with zero attached hydrogens (tertiary/aromatic N) is 1. The maximum absolute atomic E-state index is 13.8. The van der Waals surface area contributed by atoms with Gasteiger partial charge in [0.1, 0.15) is 5.82 Å². The molecule has 0 atom stereocenters. The molecule has 7 heteroatoms. The van der Waals surface area contributed by atoms with Gasteiger partial charge in [0.25, 0.3) is 5.91 Å². The summed E-state index contributed by atoms with van der Waals surface area (Å²) in [5.74, 6) is -0.896. The van der Waals surface area contributed by atoms with Crippen LogP contribution in [0.5, 0.6) is 0 Å². The zero-order valence-corrected chi connectivity index (χ0v) is 12.0. The van der Waals surface area contributed by atoms with E-state index in [2.05, 4.69) is 5.32 Å². The summed E-state index contributed by atoms with van der Waals surface area (Å²) in [6, 6.07) is 4.31. The molecular formula is C13H17FN2O3S. The Morgan fingerprint density at radius 3 is 2.60 bits per heavy atom. The van der Waals surface area contributed by atoms with Gasteiger partial charge in [-0.2, -0.15) is 0 Å². The molecule has 0 aliphatic carbocycles. The number of anilines is 1. The molecule has 0 unspecified atom stereocenters. The smallest absolute Gasteiger partial charge is 0.256 e. The van der Waals surface area contributed by atoms with Crippen molar-refractivity contribution < 1.29 is 17.6 Å². The van der Waals surface area contributed by atoms with E-state index in [1.165, 1.54) is 17.0 Å². The fourth-order valence-electron chi connectivity index (χ4n) is 2.14. The van der Waals surface area contributed by atoms with E-state index in [0.717, 1.165) is 0 Å². The Kier molecular flexibility index (Phi) is 4.27. The molecule has 1 heterocycles. The molecule has 1 aromatic carbocycles. The van der Waals surface area contributed by atoms with Gasteiger partial charge in [-0.25, -0.2) is 12.8 Å². The lowest BCUT2D eigenvalue weighted by atomic mass is 10.1. The Morgan fingerprint density at radius 2 is 2.00 bits per heavy atom. The van der Waals surface area contributed by atoms with Gasteiger partial charge in [-0.05, 0) is 19.1 Å². The summed E-state index contributed by atoms with van der Waals surface area (Å²) in [6.45, 7) is 2.62. The van der Waals surface area contributed by atoms with E-state index in [0.29, 0.717) is 6.54 Å². The van der Waals surface area contributed by atoms with Crippen LogP contribution in [-0.4, -0.2) is 50.4 Å². The molecule has 20 heavy (non-hydrogen) atoms. The first-order chi connectivity index (χ1) is 9.44. The van der Waals surface area contributed by atoms with Crippen LogP contribution in [0.4, 0.5) is 10.1 Å². The first kappa shape index (κ1) is 14.8. The highest BCUT2D eigenvalue weighted by Crippen LogP contribution is 2.22. The molecule has 1 fully saturated rings. The molecule has 1 N–H and O–H groups in total. The zero-order valence-electron chi connectivity index (χ0n) is 11.2. The van der Waals surface area contributed by atoms with Crippen LogP contribution in [-0.2, 0) is 9.84 Å². The number of para-hydroxylation sites is 1. The van der Waals surface area contributed by atoms with Crippen LogP contribution >= 0.6 is 0 Å². The summed E-state index contributed by atoms with van der Waals surface area (Å²) < 4.78 is 36.5. The molecule has 2 rings (SSSR count). The van der Waals surface area contributed by atoms with Crippen LogP contribution in [0.15, 0.2) is 18.2 Å². The second-order valence-corrected chi connectivity index (χ2v) is 6.94. The van der Waals surface area contributed by atoms with Gasteiger partial charge < -0.3 is 10.2 Å². The normalized spacial score (nSPS) is 17.8. The number of nitrogens with one attached hydrogen (secondary N) is 1. The van der Waals surface area contributed by atoms with Crippen molar-refractivity contribution in [1.82, 2.24) is 4.90 Å². The monoisotopic (exact) mass is 300 g/mol. The van der Waals surface area contributed by atoms with Crippen molar-refractivity contribution >= 4 is 21.4 Å². The first-order valence-electron chi connectivity index (χ1n) is 6.46. The lowest BCUT2D eigenvalue weighted by molar-refractivity contribution is 0.0771. The Bertz CT molecular complexity index is 602. The SMILES string of the molecule is CCNc1c(F)cccc1C(=O)N1CCS(=O)(=O)CC1. The van der Waals surface area contributed by atoms with Gasteiger partial charge in [0, 0.05) is 19.6 Å². The number of sulfone groups is 1. The summed E-state index contributed by atoms with van der Waals surface area (Å²) in [7, 11) is -3.04. The van der Waals surface area contributed by atoms with E-state index in [-0.39, 0.29) is 41.8 Å². The largest absolute Gasteiger partial charge is 0.382 e. The van der Waals surface area contributed by atoms with Crippen LogP contribution in [0.25, 0.3) is 0 Å². The lowest BCUT2D eigenvalue weighted by Crippen LogP contribution is -2.44. The van der Waals surface area contributed by atoms with Crippen molar-refractivity contribution in [2.75, 3.05) is 36.5 Å². The summed E-state index contributed by atoms with van der Waals surface area (Å²) in [5, 5.41) is 2.84. The minimum absolute atomic E-state index is 0.0371. The van der Waals surface area contributed by atoms with Crippen LogP contribution in [0.1, 0.15) is 17.3 Å². The third-order valence-electron chi connectivity index (χ3n) is 3.23. The van der Waals surface area contributed by atoms with Gasteiger partial charge in [-0.15, -0.1) is 0 Å². The van der Waals surface area contributed by atoms with Crippen LogP contribution < -0.4 is 5.32 Å². The van der Waals surface area contributed by atoms with E-state index < -0.39 is 15.7 Å². The third-order valence-corrected chi connectivity index (χ3v) is 4.84. The Hall–Kier alpha value is -1.63. The number of carbonyl (C=O) groups excluding carboxylic acids is 1. The molecule has 0 radical (unpaired) electrons. The van der Waals surface area contributed by atoms with Gasteiger partial charge in [-0.3, -0.25) is 4.79 Å². The lowest BCUT2D eigenvalue weighted by Gasteiger charge is -2.27. The number of hydrogen-bond acceptors (Lipinski definition) is 4. The fourth-order valence-corrected chi connectivity index (χ4v) is 3.35. The maximum Gasteiger partial charge on any atom is 0.256 e. The average Bonchev–Trinajstić information content (AvgIpc) is 2.40. The highest BCUT2D eigenvalue weighted by atomic mass is 32.2. The predicted molar refractivity (Wildman–Crippen MR) is 75.1 cm³/mol. The molecule has 0 bridgehead atoms. The van der Waals surface area contributed by atoms with E-state index in [9.17, 15) is 17.6 Å². The highest BCUT2D eigenvalue weighted by Gasteiger charge is 2.27. The molecule has 0 saturated carbocycles. The van der Waals surface area contributed by atoms with Gasteiger partial charge in [0.05, 0.1) is 22.8 Å². The van der Waals surface area contributed by atoms with E-state index >= 15 is 0 Å². The molecule has 1 amide bonds. The van der Waals surface area contributed by atoms with Crippen LogP contribution in [0.2, 0.25) is 0 Å². The van der Waals surface area contributed by atoms with Crippen molar-refractivity contribution in [3.63, 3.8) is 0 Å². The molecule has 1 aliphatic heterocycles. The Labute approximate surface area is 117 Å². The van der Waals surface area contributed by atoms with Crippen molar-refractivity contribution in [2.45, 2.75) is 6.92 Å². The molecule has 0 aromatic heterocycles. The molecule has 0 spiro atoms. The highest BCUT2D eigenvalue weighted by molar-refractivity contribution is 7.91. The number of amides is 1. The molecule has 110 valence electrons. The van der Waals surface area contributed by atoms with E-state index in [4.69, 9.17) is 0 Å². The number of carbonyl (C=O) groups is 1. The van der Waals surface area contributed by atoms with Gasteiger partial charge in [0.2, 0.25) is 0 Å². The van der Waals surface area contributed by atoms with Gasteiger partial charge in [0.15, 0.2) is 9.84 Å². The molecule has 1 saturated heterocycles. The number of halogens is 1.